The Morgan fingerprint density at radius 1 is 1.37 bits per heavy atom. The lowest BCUT2D eigenvalue weighted by molar-refractivity contribution is -0.135. The Kier molecular flexibility index (Phi) is 7.56. The van der Waals surface area contributed by atoms with Gasteiger partial charge in [-0.15, -0.1) is 5.10 Å². The molecule has 8 nitrogen and oxygen atoms in total. The summed E-state index contributed by atoms with van der Waals surface area (Å²) in [6.07, 6.45) is 2.71. The van der Waals surface area contributed by atoms with Crippen LogP contribution in [-0.2, 0) is 20.9 Å². The number of nitrogens with zero attached hydrogens (tertiary/aromatic N) is 3. The van der Waals surface area contributed by atoms with E-state index >= 15 is 0 Å². The van der Waals surface area contributed by atoms with Crippen molar-refractivity contribution >= 4 is 35.0 Å². The zero-order valence-electron chi connectivity index (χ0n) is 15.7. The van der Waals surface area contributed by atoms with Gasteiger partial charge in [0.1, 0.15) is 5.75 Å². The molecular formula is C18H22N4O4S. The highest BCUT2D eigenvalue weighted by Crippen LogP contribution is 2.24. The summed E-state index contributed by atoms with van der Waals surface area (Å²) in [6.45, 7) is 3.28. The Morgan fingerprint density at radius 3 is 2.81 bits per heavy atom. The molecule has 0 atom stereocenters. The molecule has 1 aliphatic rings. The third-order valence-electron chi connectivity index (χ3n) is 3.33. The number of methoxy groups -OCH3 is 1. The number of carbonyl (C=O) groups excluding carboxylic acids is 2. The highest BCUT2D eigenvalue weighted by molar-refractivity contribution is 8.18. The molecule has 2 rings (SSSR count). The second-order valence-electron chi connectivity index (χ2n) is 5.78. The van der Waals surface area contributed by atoms with E-state index in [2.05, 4.69) is 25.2 Å². The van der Waals surface area contributed by atoms with Crippen molar-refractivity contribution in [2.75, 3.05) is 27.8 Å². The van der Waals surface area contributed by atoms with Crippen molar-refractivity contribution in [3.8, 4) is 5.75 Å². The molecule has 0 spiro atoms. The van der Waals surface area contributed by atoms with Crippen LogP contribution in [0.5, 0.6) is 5.75 Å². The minimum atomic E-state index is -0.597. The molecule has 0 bridgehead atoms. The smallest absolute Gasteiger partial charge is 0.331 e. The predicted octanol–water partition coefficient (Wildman–Crippen LogP) is 1.76. The highest BCUT2D eigenvalue weighted by atomic mass is 32.2. The van der Waals surface area contributed by atoms with Crippen molar-refractivity contribution in [3.05, 3.63) is 40.3 Å². The van der Waals surface area contributed by atoms with Crippen molar-refractivity contribution in [3.63, 3.8) is 0 Å². The van der Waals surface area contributed by atoms with E-state index in [4.69, 9.17) is 4.74 Å². The number of nitrogens with one attached hydrogen (secondary N) is 1. The normalized spacial score (nSPS) is 17.1. The molecule has 0 unspecified atom stereocenters. The van der Waals surface area contributed by atoms with Crippen molar-refractivity contribution in [1.29, 1.82) is 0 Å². The van der Waals surface area contributed by atoms with E-state index in [9.17, 15) is 9.59 Å². The molecule has 0 aliphatic carbocycles. The lowest BCUT2D eigenvalue weighted by Gasteiger charge is -2.14. The van der Waals surface area contributed by atoms with Crippen LogP contribution in [0.3, 0.4) is 0 Å². The summed E-state index contributed by atoms with van der Waals surface area (Å²) in [7, 11) is 5.22. The number of amidine groups is 1. The molecule has 0 aromatic heterocycles. The van der Waals surface area contributed by atoms with Crippen LogP contribution < -0.4 is 10.1 Å². The fourth-order valence-electron chi connectivity index (χ4n) is 2.23. The number of benzene rings is 1. The Labute approximate surface area is 162 Å². The SMILES string of the molecule is CCOc1ccc(C=N/N=C2/NC(=O)/C(=C\C(=O)OC)S2)cc1CN(C)C. The summed E-state index contributed by atoms with van der Waals surface area (Å²) in [5.74, 6) is -0.167. The Morgan fingerprint density at radius 2 is 2.15 bits per heavy atom. The first-order valence-electron chi connectivity index (χ1n) is 8.23. The lowest BCUT2D eigenvalue weighted by atomic mass is 10.1. The summed E-state index contributed by atoms with van der Waals surface area (Å²) >= 11 is 1.03. The minimum absolute atomic E-state index is 0.213. The molecule has 1 fully saturated rings. The molecule has 9 heteroatoms. The summed E-state index contributed by atoms with van der Waals surface area (Å²) in [4.78, 5) is 25.3. The molecule has 27 heavy (non-hydrogen) atoms. The highest BCUT2D eigenvalue weighted by Gasteiger charge is 2.24. The van der Waals surface area contributed by atoms with Crippen molar-refractivity contribution < 1.29 is 19.1 Å². The molecule has 1 saturated heterocycles. The lowest BCUT2D eigenvalue weighted by Crippen LogP contribution is -2.19. The molecule has 0 saturated carbocycles. The van der Waals surface area contributed by atoms with E-state index < -0.39 is 11.9 Å². The van der Waals surface area contributed by atoms with Gasteiger partial charge in [-0.2, -0.15) is 5.10 Å². The standard InChI is InChI=1S/C18H22N4O4S/c1-5-26-14-7-6-12(8-13(14)11-22(2)3)10-19-21-18-20-17(24)15(27-18)9-16(23)25-4/h6-10H,5,11H2,1-4H3,(H,20,21,24)/b15-9+,19-10?. The number of ether oxygens (including phenoxy) is 2. The maximum atomic E-state index is 11.8. The first kappa shape index (κ1) is 20.7. The summed E-state index contributed by atoms with van der Waals surface area (Å²) < 4.78 is 10.2. The molecule has 1 aromatic carbocycles. The van der Waals surface area contributed by atoms with E-state index in [0.29, 0.717) is 11.8 Å². The second kappa shape index (κ2) is 9.89. The average molecular weight is 390 g/mol. The largest absolute Gasteiger partial charge is 0.494 e. The number of amides is 1. The fourth-order valence-corrected chi connectivity index (χ4v) is 2.97. The van der Waals surface area contributed by atoms with Crippen LogP contribution >= 0.6 is 11.8 Å². The van der Waals surface area contributed by atoms with Crippen LogP contribution in [0.1, 0.15) is 18.1 Å². The van der Waals surface area contributed by atoms with Crippen LogP contribution in [0.2, 0.25) is 0 Å². The predicted molar refractivity (Wildman–Crippen MR) is 106 cm³/mol. The van der Waals surface area contributed by atoms with Gasteiger partial charge in [0.2, 0.25) is 0 Å². The number of hydrogen-bond acceptors (Lipinski definition) is 8. The topological polar surface area (TPSA) is 92.6 Å². The Bertz CT molecular complexity index is 803. The second-order valence-corrected chi connectivity index (χ2v) is 6.81. The van der Waals surface area contributed by atoms with Gasteiger partial charge in [0.05, 0.1) is 24.8 Å². The molecule has 0 radical (unpaired) electrons. The third-order valence-corrected chi connectivity index (χ3v) is 4.23. The van der Waals surface area contributed by atoms with Gasteiger partial charge in [-0.3, -0.25) is 10.1 Å². The van der Waals surface area contributed by atoms with E-state index in [1.165, 1.54) is 7.11 Å². The molecule has 1 N–H and O–H groups in total. The Hall–Kier alpha value is -2.65. The minimum Gasteiger partial charge on any atom is -0.494 e. The quantitative estimate of drug-likeness (QED) is 0.330. The van der Waals surface area contributed by atoms with Crippen molar-refractivity contribution in [2.24, 2.45) is 10.2 Å². The van der Waals surface area contributed by atoms with Crippen LogP contribution in [0, 0.1) is 0 Å². The molecular weight excluding hydrogens is 368 g/mol. The Balaban J connectivity index is 2.11. The number of esters is 1. The zero-order chi connectivity index (χ0) is 19.8. The zero-order valence-corrected chi connectivity index (χ0v) is 16.5. The molecule has 144 valence electrons. The summed E-state index contributed by atoms with van der Waals surface area (Å²) in [5, 5.41) is 10.8. The van der Waals surface area contributed by atoms with E-state index in [0.717, 1.165) is 41.3 Å². The van der Waals surface area contributed by atoms with Crippen molar-refractivity contribution in [1.82, 2.24) is 10.2 Å². The number of thioether (sulfide) groups is 1. The molecule has 1 amide bonds. The number of carbonyl (C=O) groups is 2. The van der Waals surface area contributed by atoms with Gasteiger partial charge in [0.15, 0.2) is 5.17 Å². The van der Waals surface area contributed by atoms with Gasteiger partial charge in [-0.1, -0.05) is 0 Å². The van der Waals surface area contributed by atoms with Crippen LogP contribution in [0.15, 0.2) is 39.4 Å². The van der Waals surface area contributed by atoms with Crippen LogP contribution in [-0.4, -0.2) is 56.0 Å². The maximum absolute atomic E-state index is 11.8. The van der Waals surface area contributed by atoms with Gasteiger partial charge in [0.25, 0.3) is 5.91 Å². The number of rotatable bonds is 7. The van der Waals surface area contributed by atoms with Gasteiger partial charge in [-0.25, -0.2) is 4.79 Å². The fraction of sp³-hybridized carbons (Fsp3) is 0.333. The molecule has 1 heterocycles. The van der Waals surface area contributed by atoms with Crippen LogP contribution in [0.25, 0.3) is 0 Å². The molecule has 1 aromatic rings. The van der Waals surface area contributed by atoms with E-state index in [1.54, 1.807) is 6.21 Å². The monoisotopic (exact) mass is 390 g/mol. The van der Waals surface area contributed by atoms with Gasteiger partial charge >= 0.3 is 5.97 Å². The first-order valence-corrected chi connectivity index (χ1v) is 9.05. The van der Waals surface area contributed by atoms with Crippen LogP contribution in [0.4, 0.5) is 0 Å². The maximum Gasteiger partial charge on any atom is 0.331 e. The summed E-state index contributed by atoms with van der Waals surface area (Å²) in [6, 6.07) is 5.77. The van der Waals surface area contributed by atoms with Gasteiger partial charge in [-0.05, 0) is 56.5 Å². The van der Waals surface area contributed by atoms with Gasteiger partial charge < -0.3 is 14.4 Å². The first-order chi connectivity index (χ1) is 12.9. The van der Waals surface area contributed by atoms with E-state index in [1.807, 2.05) is 39.2 Å². The average Bonchev–Trinajstić information content (AvgIpc) is 2.96. The van der Waals surface area contributed by atoms with Crippen molar-refractivity contribution in [2.45, 2.75) is 13.5 Å². The summed E-state index contributed by atoms with van der Waals surface area (Å²) in [5.41, 5.74) is 1.91. The number of hydrogen-bond donors (Lipinski definition) is 1. The third kappa shape index (κ3) is 6.22. The van der Waals surface area contributed by atoms with E-state index in [-0.39, 0.29) is 4.91 Å². The van der Waals surface area contributed by atoms with Gasteiger partial charge in [0, 0.05) is 18.2 Å². The molecule has 1 aliphatic heterocycles.